The normalized spacial score (nSPS) is 16.0. The van der Waals surface area contributed by atoms with Crippen LogP contribution in [-0.2, 0) is 0 Å². The molecule has 0 heteroatoms. The highest BCUT2D eigenvalue weighted by molar-refractivity contribution is 5.09. The van der Waals surface area contributed by atoms with Gasteiger partial charge >= 0.3 is 0 Å². The second kappa shape index (κ2) is 4.54. The molecule has 0 aliphatic heterocycles. The van der Waals surface area contributed by atoms with E-state index in [2.05, 4.69) is 40.7 Å². The Labute approximate surface area is 65.3 Å². The monoisotopic (exact) mass is 139 g/mol. The molecule has 0 spiro atoms. The lowest BCUT2D eigenvalue weighted by Gasteiger charge is -2.15. The summed E-state index contributed by atoms with van der Waals surface area (Å²) in [5.41, 5.74) is 1.29. The minimum atomic E-state index is 0.639. The first-order valence-electron chi connectivity index (χ1n) is 4.11. The van der Waals surface area contributed by atoms with E-state index >= 15 is 0 Å². The third kappa shape index (κ3) is 3.05. The van der Waals surface area contributed by atoms with Crippen molar-refractivity contribution in [2.24, 2.45) is 11.8 Å². The van der Waals surface area contributed by atoms with Gasteiger partial charge in [-0.25, -0.2) is 0 Å². The zero-order valence-corrected chi connectivity index (χ0v) is 7.65. The molecule has 59 valence electrons. The smallest absolute Gasteiger partial charge is 0.0208 e. The van der Waals surface area contributed by atoms with Crippen LogP contribution in [0.4, 0.5) is 0 Å². The summed E-state index contributed by atoms with van der Waals surface area (Å²) in [5.74, 6) is 1.36. The third-order valence-corrected chi connectivity index (χ3v) is 2.05. The summed E-state index contributed by atoms with van der Waals surface area (Å²) >= 11 is 0. The molecule has 1 radical (unpaired) electrons. The molecule has 0 aliphatic rings. The minimum absolute atomic E-state index is 0.639. The van der Waals surface area contributed by atoms with Crippen LogP contribution in [0.25, 0.3) is 0 Å². The highest BCUT2D eigenvalue weighted by Crippen LogP contribution is 2.18. The number of hydrogen-bond donors (Lipinski definition) is 0. The molecule has 0 amide bonds. The van der Waals surface area contributed by atoms with Crippen molar-refractivity contribution in [3.05, 3.63) is 18.6 Å². The number of hydrogen-bond acceptors (Lipinski definition) is 0. The van der Waals surface area contributed by atoms with Gasteiger partial charge in [0, 0.05) is 0 Å². The number of allylic oxidation sites excluding steroid dienone is 2. The molecule has 0 saturated carbocycles. The molecule has 10 heavy (non-hydrogen) atoms. The van der Waals surface area contributed by atoms with E-state index in [4.69, 9.17) is 0 Å². The highest BCUT2D eigenvalue weighted by Gasteiger charge is 2.07. The maximum atomic E-state index is 4.01. The van der Waals surface area contributed by atoms with Gasteiger partial charge < -0.3 is 0 Å². The average Bonchev–Trinajstić information content (AvgIpc) is 1.87. The number of rotatable bonds is 3. The van der Waals surface area contributed by atoms with Crippen molar-refractivity contribution >= 4 is 0 Å². The van der Waals surface area contributed by atoms with Crippen LogP contribution in [0, 0.1) is 18.8 Å². The average molecular weight is 139 g/mol. The molecule has 0 rings (SSSR count). The molecule has 0 nitrogen and oxygen atoms in total. The van der Waals surface area contributed by atoms with Crippen molar-refractivity contribution in [1.82, 2.24) is 0 Å². The standard InChI is InChI=1S/C10H19/c1-6-7-9(4)10(5)8(2)3/h7-8,10H,4,6H2,1-3,5H3. The molecule has 0 aromatic carbocycles. The van der Waals surface area contributed by atoms with E-state index in [-0.39, 0.29) is 0 Å². The summed E-state index contributed by atoms with van der Waals surface area (Å²) < 4.78 is 0. The molecule has 0 aliphatic carbocycles. The van der Waals surface area contributed by atoms with Crippen molar-refractivity contribution in [2.45, 2.75) is 34.1 Å². The van der Waals surface area contributed by atoms with Gasteiger partial charge in [0.1, 0.15) is 0 Å². The minimum Gasteiger partial charge on any atom is -0.0853 e. The molecule has 0 fully saturated rings. The van der Waals surface area contributed by atoms with Crippen LogP contribution >= 0.6 is 0 Å². The summed E-state index contributed by atoms with van der Waals surface area (Å²) in [6.45, 7) is 12.9. The molecule has 1 unspecified atom stereocenters. The van der Waals surface area contributed by atoms with Gasteiger partial charge in [-0.1, -0.05) is 39.3 Å². The van der Waals surface area contributed by atoms with Gasteiger partial charge in [-0.2, -0.15) is 0 Å². The van der Waals surface area contributed by atoms with Crippen LogP contribution < -0.4 is 0 Å². The molecule has 0 aromatic rings. The Balaban J connectivity index is 3.93. The van der Waals surface area contributed by atoms with E-state index in [1.165, 1.54) is 5.57 Å². The van der Waals surface area contributed by atoms with Crippen molar-refractivity contribution in [2.75, 3.05) is 0 Å². The van der Waals surface area contributed by atoms with Gasteiger partial charge in [0.05, 0.1) is 0 Å². The Hall–Kier alpha value is -0.260. The van der Waals surface area contributed by atoms with E-state index < -0.39 is 0 Å². The zero-order chi connectivity index (χ0) is 8.15. The van der Waals surface area contributed by atoms with E-state index in [0.717, 1.165) is 12.3 Å². The van der Waals surface area contributed by atoms with Crippen molar-refractivity contribution < 1.29 is 0 Å². The van der Waals surface area contributed by atoms with Crippen LogP contribution in [0.2, 0.25) is 0 Å². The Morgan fingerprint density at radius 2 is 1.90 bits per heavy atom. The maximum Gasteiger partial charge on any atom is -0.0208 e. The second-order valence-electron chi connectivity index (χ2n) is 3.22. The fourth-order valence-electron chi connectivity index (χ4n) is 0.876. The first kappa shape index (κ1) is 9.74. The first-order valence-corrected chi connectivity index (χ1v) is 4.11. The quantitative estimate of drug-likeness (QED) is 0.562. The van der Waals surface area contributed by atoms with E-state index in [0.29, 0.717) is 5.92 Å². The van der Waals surface area contributed by atoms with Crippen molar-refractivity contribution in [1.29, 1.82) is 0 Å². The van der Waals surface area contributed by atoms with E-state index in [1.807, 2.05) is 0 Å². The van der Waals surface area contributed by atoms with Gasteiger partial charge in [0.25, 0.3) is 0 Å². The predicted octanol–water partition coefficient (Wildman–Crippen LogP) is 3.45. The van der Waals surface area contributed by atoms with Crippen molar-refractivity contribution in [3.8, 4) is 0 Å². The molecule has 0 aromatic heterocycles. The summed E-state index contributed by atoms with van der Waals surface area (Å²) in [7, 11) is 0. The van der Waals surface area contributed by atoms with Crippen molar-refractivity contribution in [3.63, 3.8) is 0 Å². The van der Waals surface area contributed by atoms with Gasteiger partial charge in [0.15, 0.2) is 0 Å². The molecular formula is C10H19. The zero-order valence-electron chi connectivity index (χ0n) is 7.65. The van der Waals surface area contributed by atoms with Crippen LogP contribution in [-0.4, -0.2) is 0 Å². The van der Waals surface area contributed by atoms with Crippen LogP contribution in [0.15, 0.2) is 11.6 Å². The summed E-state index contributed by atoms with van der Waals surface area (Å²) in [5, 5.41) is 0. The van der Waals surface area contributed by atoms with Crippen LogP contribution in [0.1, 0.15) is 34.1 Å². The third-order valence-electron chi connectivity index (χ3n) is 2.05. The SMILES string of the molecule is [CH2]C(=CCC)C(C)C(C)C. The summed E-state index contributed by atoms with van der Waals surface area (Å²) in [4.78, 5) is 0. The predicted molar refractivity (Wildman–Crippen MR) is 47.7 cm³/mol. The molecule has 0 heterocycles. The van der Waals surface area contributed by atoms with E-state index in [9.17, 15) is 0 Å². The highest BCUT2D eigenvalue weighted by atomic mass is 14.1. The van der Waals surface area contributed by atoms with Crippen LogP contribution in [0.3, 0.4) is 0 Å². The largest absolute Gasteiger partial charge is 0.0853 e. The Kier molecular flexibility index (Phi) is 4.42. The summed E-state index contributed by atoms with van der Waals surface area (Å²) in [6, 6.07) is 0. The molecule has 1 atom stereocenters. The lowest BCUT2D eigenvalue weighted by atomic mass is 9.90. The van der Waals surface area contributed by atoms with E-state index in [1.54, 1.807) is 0 Å². The Morgan fingerprint density at radius 3 is 2.20 bits per heavy atom. The van der Waals surface area contributed by atoms with Gasteiger partial charge in [-0.15, -0.1) is 0 Å². The molecule has 0 saturated heterocycles. The van der Waals surface area contributed by atoms with Gasteiger partial charge in [-0.3, -0.25) is 0 Å². The summed E-state index contributed by atoms with van der Waals surface area (Å²) in [6.07, 6.45) is 3.32. The van der Waals surface area contributed by atoms with Crippen LogP contribution in [0.5, 0.6) is 0 Å². The van der Waals surface area contributed by atoms with Gasteiger partial charge in [0.2, 0.25) is 0 Å². The van der Waals surface area contributed by atoms with Gasteiger partial charge in [-0.05, 0) is 25.2 Å². The topological polar surface area (TPSA) is 0 Å². The Morgan fingerprint density at radius 1 is 1.40 bits per heavy atom. The maximum absolute atomic E-state index is 4.01. The lowest BCUT2D eigenvalue weighted by molar-refractivity contribution is 0.486. The lowest BCUT2D eigenvalue weighted by Crippen LogP contribution is -2.04. The first-order chi connectivity index (χ1) is 4.59. The molecule has 0 N–H and O–H groups in total. The second-order valence-corrected chi connectivity index (χ2v) is 3.22. The molecular weight excluding hydrogens is 120 g/mol. The fourth-order valence-corrected chi connectivity index (χ4v) is 0.876. The fraction of sp³-hybridized carbons (Fsp3) is 0.700. The Bertz CT molecular complexity index is 109. The molecule has 0 bridgehead atoms.